The Morgan fingerprint density at radius 2 is 2.10 bits per heavy atom. The molecule has 0 unspecified atom stereocenters. The normalized spacial score (nSPS) is 19.8. The molecule has 0 bridgehead atoms. The Morgan fingerprint density at radius 3 is 2.84 bits per heavy atom. The van der Waals surface area contributed by atoms with Gasteiger partial charge in [0.1, 0.15) is 11.6 Å². The van der Waals surface area contributed by atoms with E-state index in [1.54, 1.807) is 17.9 Å². The minimum atomic E-state index is -3.40. The first-order chi connectivity index (χ1) is 14.8. The van der Waals surface area contributed by atoms with Gasteiger partial charge in [0, 0.05) is 24.2 Å². The van der Waals surface area contributed by atoms with E-state index in [0.29, 0.717) is 36.5 Å². The number of aromatic nitrogens is 2. The highest BCUT2D eigenvalue weighted by atomic mass is 32.2. The molecule has 4 rings (SSSR count). The first-order valence-corrected chi connectivity index (χ1v) is 12.1. The van der Waals surface area contributed by atoms with Gasteiger partial charge in [-0.25, -0.2) is 17.8 Å². The summed E-state index contributed by atoms with van der Waals surface area (Å²) in [4.78, 5) is 34.9. The number of piperidine rings is 1. The number of amides is 1. The monoisotopic (exact) mass is 448 g/mol. The van der Waals surface area contributed by atoms with E-state index in [0.717, 1.165) is 12.8 Å². The molecule has 0 radical (unpaired) electrons. The number of hydrogen-bond acceptors (Lipinski definition) is 5. The first-order valence-electron chi connectivity index (χ1n) is 10.5. The predicted molar refractivity (Wildman–Crippen MR) is 112 cm³/mol. The van der Waals surface area contributed by atoms with Crippen LogP contribution in [0.3, 0.4) is 0 Å². The lowest BCUT2D eigenvalue weighted by Gasteiger charge is -2.36. The van der Waals surface area contributed by atoms with E-state index in [-0.39, 0.29) is 35.9 Å². The van der Waals surface area contributed by atoms with Gasteiger partial charge in [0.25, 0.3) is 11.5 Å². The molecule has 0 spiro atoms. The van der Waals surface area contributed by atoms with Gasteiger partial charge in [-0.3, -0.25) is 9.59 Å². The highest BCUT2D eigenvalue weighted by Crippen LogP contribution is 2.31. The minimum Gasteiger partial charge on any atom is -0.328 e. The summed E-state index contributed by atoms with van der Waals surface area (Å²) >= 11 is 0. The van der Waals surface area contributed by atoms with Crippen LogP contribution in [0, 0.1) is 5.82 Å². The summed E-state index contributed by atoms with van der Waals surface area (Å²) in [5.41, 5.74) is 0.876. The van der Waals surface area contributed by atoms with Gasteiger partial charge in [-0.05, 0) is 50.8 Å². The Hall–Kier alpha value is -2.59. The standard InChI is InChI=1S/C21H25FN4O4S/c1-2-31(29,30)25-11-9-16-17(13-25)23-19(24-20(16)27)18-8-3-4-10-26(18)21(28)14-6-5-7-15(22)12-14/h5-7,12,18H,2-4,8-11,13H2,1H3,(H,23,24,27)/t18-/m0/s1. The zero-order valence-electron chi connectivity index (χ0n) is 17.3. The Bertz CT molecular complexity index is 1160. The van der Waals surface area contributed by atoms with Gasteiger partial charge in [0.2, 0.25) is 10.0 Å². The molecule has 2 aliphatic rings. The van der Waals surface area contributed by atoms with Crippen LogP contribution in [0.5, 0.6) is 0 Å². The molecule has 1 aromatic carbocycles. The zero-order chi connectivity index (χ0) is 22.2. The van der Waals surface area contributed by atoms with Crippen molar-refractivity contribution in [3.63, 3.8) is 0 Å². The lowest BCUT2D eigenvalue weighted by molar-refractivity contribution is 0.0598. The lowest BCUT2D eigenvalue weighted by atomic mass is 9.99. The molecule has 3 heterocycles. The summed E-state index contributed by atoms with van der Waals surface area (Å²) in [5, 5.41) is 0. The molecule has 31 heavy (non-hydrogen) atoms. The number of hydrogen-bond donors (Lipinski definition) is 1. The Labute approximate surface area is 180 Å². The third-order valence-corrected chi connectivity index (χ3v) is 7.79. The molecule has 1 aromatic heterocycles. The van der Waals surface area contributed by atoms with Crippen LogP contribution in [0.4, 0.5) is 4.39 Å². The third-order valence-electron chi connectivity index (χ3n) is 5.97. The second-order valence-electron chi connectivity index (χ2n) is 7.88. The van der Waals surface area contributed by atoms with Gasteiger partial charge in [-0.15, -0.1) is 0 Å². The van der Waals surface area contributed by atoms with Crippen LogP contribution in [-0.4, -0.2) is 52.3 Å². The Balaban J connectivity index is 1.68. The number of halogens is 1. The highest BCUT2D eigenvalue weighted by molar-refractivity contribution is 7.89. The molecular formula is C21H25FN4O4S. The van der Waals surface area contributed by atoms with E-state index in [1.807, 2.05) is 0 Å². The number of benzene rings is 1. The van der Waals surface area contributed by atoms with Crippen molar-refractivity contribution in [2.24, 2.45) is 0 Å². The van der Waals surface area contributed by atoms with Crippen LogP contribution in [0.25, 0.3) is 0 Å². The molecule has 1 fully saturated rings. The minimum absolute atomic E-state index is 0.0169. The molecule has 1 amide bonds. The molecule has 1 atom stereocenters. The number of carbonyl (C=O) groups is 1. The van der Waals surface area contributed by atoms with Crippen LogP contribution < -0.4 is 5.56 Å². The average Bonchev–Trinajstić information content (AvgIpc) is 2.78. The van der Waals surface area contributed by atoms with Crippen LogP contribution >= 0.6 is 0 Å². The molecule has 0 aliphatic carbocycles. The summed E-state index contributed by atoms with van der Waals surface area (Å²) < 4.78 is 39.6. The molecule has 10 heteroatoms. The van der Waals surface area contributed by atoms with Crippen LogP contribution in [-0.2, 0) is 23.0 Å². The van der Waals surface area contributed by atoms with E-state index in [1.165, 1.54) is 22.5 Å². The molecule has 2 aliphatic heterocycles. The second kappa shape index (κ2) is 8.51. The average molecular weight is 449 g/mol. The Morgan fingerprint density at radius 1 is 1.29 bits per heavy atom. The molecule has 2 aromatic rings. The highest BCUT2D eigenvalue weighted by Gasteiger charge is 2.33. The molecule has 8 nitrogen and oxygen atoms in total. The maximum absolute atomic E-state index is 13.6. The van der Waals surface area contributed by atoms with Gasteiger partial charge in [0.05, 0.1) is 24.0 Å². The molecule has 1 N–H and O–H groups in total. The van der Waals surface area contributed by atoms with Crippen molar-refractivity contribution in [3.8, 4) is 0 Å². The largest absolute Gasteiger partial charge is 0.328 e. The molecule has 1 saturated heterocycles. The maximum atomic E-state index is 13.6. The topological polar surface area (TPSA) is 103 Å². The van der Waals surface area contributed by atoms with Gasteiger partial charge in [-0.1, -0.05) is 6.07 Å². The molecular weight excluding hydrogens is 423 g/mol. The van der Waals surface area contributed by atoms with E-state index in [4.69, 9.17) is 0 Å². The number of sulfonamides is 1. The number of nitrogens with one attached hydrogen (secondary N) is 1. The number of H-pyrrole nitrogens is 1. The SMILES string of the molecule is CCS(=O)(=O)N1CCc2c(nc([C@@H]3CCCCN3C(=O)c3cccc(F)c3)[nH]c2=O)C1. The summed E-state index contributed by atoms with van der Waals surface area (Å²) in [6.07, 6.45) is 2.57. The Kier molecular flexibility index (Phi) is 5.94. The van der Waals surface area contributed by atoms with Gasteiger partial charge in [0.15, 0.2) is 0 Å². The second-order valence-corrected chi connectivity index (χ2v) is 10.1. The summed E-state index contributed by atoms with van der Waals surface area (Å²) in [7, 11) is -3.40. The van der Waals surface area contributed by atoms with Crippen molar-refractivity contribution in [2.75, 3.05) is 18.8 Å². The van der Waals surface area contributed by atoms with Crippen molar-refractivity contribution >= 4 is 15.9 Å². The fraction of sp³-hybridized carbons (Fsp3) is 0.476. The summed E-state index contributed by atoms with van der Waals surface area (Å²) in [5.74, 6) is -0.475. The number of nitrogens with zero attached hydrogens (tertiary/aromatic N) is 3. The van der Waals surface area contributed by atoms with Crippen LogP contribution in [0.2, 0.25) is 0 Å². The predicted octanol–water partition coefficient (Wildman–Crippen LogP) is 1.98. The van der Waals surface area contributed by atoms with E-state index >= 15 is 0 Å². The van der Waals surface area contributed by atoms with Crippen LogP contribution in [0.1, 0.15) is 59.7 Å². The van der Waals surface area contributed by atoms with Crippen molar-refractivity contribution in [3.05, 3.63) is 63.1 Å². The van der Waals surface area contributed by atoms with Crippen molar-refractivity contribution in [1.29, 1.82) is 0 Å². The number of likely N-dealkylation sites (tertiary alicyclic amines) is 1. The number of rotatable bonds is 4. The summed E-state index contributed by atoms with van der Waals surface area (Å²) in [6, 6.07) is 5.07. The number of fused-ring (bicyclic) bond motifs is 1. The molecule has 166 valence electrons. The number of carbonyl (C=O) groups excluding carboxylic acids is 1. The van der Waals surface area contributed by atoms with Crippen molar-refractivity contribution < 1.29 is 17.6 Å². The maximum Gasteiger partial charge on any atom is 0.254 e. The smallest absolute Gasteiger partial charge is 0.254 e. The fourth-order valence-electron chi connectivity index (χ4n) is 4.26. The van der Waals surface area contributed by atoms with Crippen molar-refractivity contribution in [2.45, 2.75) is 45.2 Å². The van der Waals surface area contributed by atoms with Crippen LogP contribution in [0.15, 0.2) is 29.1 Å². The van der Waals surface area contributed by atoms with Gasteiger partial charge < -0.3 is 9.88 Å². The zero-order valence-corrected chi connectivity index (χ0v) is 18.1. The fourth-order valence-corrected chi connectivity index (χ4v) is 5.31. The quantitative estimate of drug-likeness (QED) is 0.770. The van der Waals surface area contributed by atoms with E-state index in [2.05, 4.69) is 9.97 Å². The number of aromatic amines is 1. The van der Waals surface area contributed by atoms with E-state index in [9.17, 15) is 22.4 Å². The summed E-state index contributed by atoms with van der Waals surface area (Å²) in [6.45, 7) is 2.35. The van der Waals surface area contributed by atoms with E-state index < -0.39 is 21.9 Å². The van der Waals surface area contributed by atoms with Crippen molar-refractivity contribution in [1.82, 2.24) is 19.2 Å². The molecule has 0 saturated carbocycles. The first kappa shape index (κ1) is 21.6. The van der Waals surface area contributed by atoms with Gasteiger partial charge >= 0.3 is 0 Å². The third kappa shape index (κ3) is 4.27. The van der Waals surface area contributed by atoms with Gasteiger partial charge in [-0.2, -0.15) is 4.31 Å². The lowest BCUT2D eigenvalue weighted by Crippen LogP contribution is -2.42.